The van der Waals surface area contributed by atoms with Crippen LogP contribution in [-0.4, -0.2) is 11.8 Å². The van der Waals surface area contributed by atoms with Gasteiger partial charge in [-0.2, -0.15) is 0 Å². The molecule has 1 saturated carbocycles. The van der Waals surface area contributed by atoms with Crippen molar-refractivity contribution in [3.8, 4) is 0 Å². The Morgan fingerprint density at radius 1 is 1.33 bits per heavy atom. The highest BCUT2D eigenvalue weighted by atomic mass is 16.1. The van der Waals surface area contributed by atoms with Crippen molar-refractivity contribution >= 4 is 11.8 Å². The van der Waals surface area contributed by atoms with Crippen molar-refractivity contribution in [1.29, 1.82) is 0 Å². The van der Waals surface area contributed by atoms with E-state index < -0.39 is 0 Å². The van der Waals surface area contributed by atoms with E-state index in [1.807, 2.05) is 0 Å². The lowest BCUT2D eigenvalue weighted by atomic mass is 9.97. The second kappa shape index (κ2) is 3.56. The zero-order valence-electron chi connectivity index (χ0n) is 6.95. The topological polar surface area (TPSA) is 86.2 Å². The molecule has 0 aromatic heterocycles. The molecule has 0 spiro atoms. The Labute approximate surface area is 71.3 Å². The van der Waals surface area contributed by atoms with E-state index in [4.69, 9.17) is 11.5 Å². The summed E-state index contributed by atoms with van der Waals surface area (Å²) in [7, 11) is 0. The molecule has 0 radical (unpaired) electrons. The van der Waals surface area contributed by atoms with Crippen LogP contribution < -0.4 is 11.5 Å². The molecule has 0 aromatic carbocycles. The van der Waals surface area contributed by atoms with Gasteiger partial charge in [0, 0.05) is 12.3 Å². The Morgan fingerprint density at radius 2 is 1.92 bits per heavy atom. The van der Waals surface area contributed by atoms with Gasteiger partial charge < -0.3 is 11.5 Å². The summed E-state index contributed by atoms with van der Waals surface area (Å²) in [5.74, 6) is -0.361. The molecule has 0 aromatic rings. The van der Waals surface area contributed by atoms with Crippen LogP contribution in [-0.2, 0) is 9.59 Å². The van der Waals surface area contributed by atoms with E-state index in [-0.39, 0.29) is 24.2 Å². The standard InChI is InChI=1S/C8H14N2O2/c9-7(11)4-3-6(8(10)12)5-1-2-5/h5-6H,1-4H2,(H2,9,11)(H2,10,12). The molecule has 0 bridgehead atoms. The number of rotatable bonds is 5. The number of carbonyl (C=O) groups excluding carboxylic acids is 2. The van der Waals surface area contributed by atoms with E-state index >= 15 is 0 Å². The third kappa shape index (κ3) is 2.53. The number of nitrogens with two attached hydrogens (primary N) is 2. The molecule has 0 saturated heterocycles. The second-order valence-corrected chi connectivity index (χ2v) is 3.35. The number of carbonyl (C=O) groups is 2. The average molecular weight is 170 g/mol. The smallest absolute Gasteiger partial charge is 0.220 e. The van der Waals surface area contributed by atoms with Crippen molar-refractivity contribution < 1.29 is 9.59 Å². The highest BCUT2D eigenvalue weighted by molar-refractivity contribution is 5.79. The van der Waals surface area contributed by atoms with Gasteiger partial charge in [0.25, 0.3) is 0 Å². The van der Waals surface area contributed by atoms with Gasteiger partial charge in [0.1, 0.15) is 0 Å². The van der Waals surface area contributed by atoms with Crippen molar-refractivity contribution in [2.75, 3.05) is 0 Å². The molecule has 1 atom stereocenters. The van der Waals surface area contributed by atoms with Gasteiger partial charge >= 0.3 is 0 Å². The molecule has 4 heteroatoms. The maximum Gasteiger partial charge on any atom is 0.220 e. The lowest BCUT2D eigenvalue weighted by Gasteiger charge is -2.09. The highest BCUT2D eigenvalue weighted by Crippen LogP contribution is 2.38. The average Bonchev–Trinajstić information content (AvgIpc) is 2.69. The van der Waals surface area contributed by atoms with Gasteiger partial charge in [-0.15, -0.1) is 0 Å². The predicted molar refractivity (Wildman–Crippen MR) is 43.8 cm³/mol. The quantitative estimate of drug-likeness (QED) is 0.596. The Morgan fingerprint density at radius 3 is 2.25 bits per heavy atom. The first-order valence-corrected chi connectivity index (χ1v) is 4.19. The van der Waals surface area contributed by atoms with E-state index in [1.54, 1.807) is 0 Å². The molecule has 4 N–H and O–H groups in total. The summed E-state index contributed by atoms with van der Waals surface area (Å²) >= 11 is 0. The minimum Gasteiger partial charge on any atom is -0.370 e. The van der Waals surface area contributed by atoms with Crippen molar-refractivity contribution in [2.45, 2.75) is 25.7 Å². The van der Waals surface area contributed by atoms with Crippen molar-refractivity contribution in [2.24, 2.45) is 23.3 Å². The maximum atomic E-state index is 10.9. The van der Waals surface area contributed by atoms with Crippen LogP contribution >= 0.6 is 0 Å². The Hall–Kier alpha value is -1.06. The summed E-state index contributed by atoms with van der Waals surface area (Å²) in [5, 5.41) is 0. The van der Waals surface area contributed by atoms with Crippen LogP contribution in [0.15, 0.2) is 0 Å². The number of primary amides is 2. The molecule has 1 rings (SSSR count). The fourth-order valence-corrected chi connectivity index (χ4v) is 1.41. The van der Waals surface area contributed by atoms with E-state index in [9.17, 15) is 9.59 Å². The minimum atomic E-state index is -0.359. The highest BCUT2D eigenvalue weighted by Gasteiger charge is 2.34. The van der Waals surface area contributed by atoms with Gasteiger partial charge in [0.05, 0.1) is 0 Å². The van der Waals surface area contributed by atoms with E-state index in [0.717, 1.165) is 12.8 Å². The summed E-state index contributed by atoms with van der Waals surface area (Å²) < 4.78 is 0. The van der Waals surface area contributed by atoms with Gasteiger partial charge in [-0.25, -0.2) is 0 Å². The largest absolute Gasteiger partial charge is 0.370 e. The van der Waals surface area contributed by atoms with Crippen LogP contribution in [0.4, 0.5) is 0 Å². The summed E-state index contributed by atoms with van der Waals surface area (Å²) in [6.45, 7) is 0. The Bertz CT molecular complexity index is 199. The maximum absolute atomic E-state index is 10.9. The van der Waals surface area contributed by atoms with E-state index in [1.165, 1.54) is 0 Å². The molecule has 1 fully saturated rings. The zero-order chi connectivity index (χ0) is 9.14. The van der Waals surface area contributed by atoms with Gasteiger partial charge in [-0.3, -0.25) is 9.59 Å². The van der Waals surface area contributed by atoms with Crippen molar-refractivity contribution in [3.63, 3.8) is 0 Å². The monoisotopic (exact) mass is 170 g/mol. The number of amides is 2. The molecule has 1 aliphatic carbocycles. The van der Waals surface area contributed by atoms with Crippen LogP contribution in [0, 0.1) is 11.8 Å². The molecular weight excluding hydrogens is 156 g/mol. The molecular formula is C8H14N2O2. The molecule has 0 heterocycles. The summed E-state index contributed by atoms with van der Waals surface area (Å²) in [6, 6.07) is 0. The normalized spacial score (nSPS) is 18.7. The third-order valence-corrected chi connectivity index (χ3v) is 2.26. The number of hydrogen-bond donors (Lipinski definition) is 2. The first kappa shape index (κ1) is 9.03. The Balaban J connectivity index is 2.33. The number of hydrogen-bond acceptors (Lipinski definition) is 2. The van der Waals surface area contributed by atoms with Crippen LogP contribution in [0.25, 0.3) is 0 Å². The zero-order valence-corrected chi connectivity index (χ0v) is 6.95. The SMILES string of the molecule is NC(=O)CCC(C(N)=O)C1CC1. The molecule has 68 valence electrons. The predicted octanol–water partition coefficient (Wildman–Crippen LogP) is -0.237. The summed E-state index contributed by atoms with van der Waals surface area (Å²) in [6.07, 6.45) is 2.91. The van der Waals surface area contributed by atoms with Crippen molar-refractivity contribution in [1.82, 2.24) is 0 Å². The summed E-state index contributed by atoms with van der Waals surface area (Å²) in [4.78, 5) is 21.3. The lowest BCUT2D eigenvalue weighted by Crippen LogP contribution is -2.26. The van der Waals surface area contributed by atoms with Crippen LogP contribution in [0.3, 0.4) is 0 Å². The third-order valence-electron chi connectivity index (χ3n) is 2.26. The minimum absolute atomic E-state index is 0.127. The molecule has 1 unspecified atom stereocenters. The van der Waals surface area contributed by atoms with Gasteiger partial charge in [-0.1, -0.05) is 0 Å². The molecule has 2 amide bonds. The lowest BCUT2D eigenvalue weighted by molar-refractivity contribution is -0.123. The van der Waals surface area contributed by atoms with Crippen LogP contribution in [0.2, 0.25) is 0 Å². The molecule has 1 aliphatic rings. The molecule has 0 aliphatic heterocycles. The Kier molecular flexibility index (Phi) is 2.68. The van der Waals surface area contributed by atoms with Crippen LogP contribution in [0.5, 0.6) is 0 Å². The van der Waals surface area contributed by atoms with Crippen LogP contribution in [0.1, 0.15) is 25.7 Å². The van der Waals surface area contributed by atoms with Gasteiger partial charge in [0.15, 0.2) is 0 Å². The van der Waals surface area contributed by atoms with E-state index in [2.05, 4.69) is 0 Å². The van der Waals surface area contributed by atoms with Gasteiger partial charge in [0.2, 0.25) is 11.8 Å². The fraction of sp³-hybridized carbons (Fsp3) is 0.750. The van der Waals surface area contributed by atoms with Crippen molar-refractivity contribution in [3.05, 3.63) is 0 Å². The first-order chi connectivity index (χ1) is 5.61. The van der Waals surface area contributed by atoms with E-state index in [0.29, 0.717) is 12.3 Å². The second-order valence-electron chi connectivity index (χ2n) is 3.35. The molecule has 4 nitrogen and oxygen atoms in total. The van der Waals surface area contributed by atoms with Gasteiger partial charge in [-0.05, 0) is 25.2 Å². The first-order valence-electron chi connectivity index (χ1n) is 4.19. The summed E-state index contributed by atoms with van der Waals surface area (Å²) in [5.41, 5.74) is 10.1. The fourth-order valence-electron chi connectivity index (χ4n) is 1.41. The molecule has 12 heavy (non-hydrogen) atoms.